The van der Waals surface area contributed by atoms with Crippen molar-refractivity contribution in [3.05, 3.63) is 26.9 Å². The van der Waals surface area contributed by atoms with Gasteiger partial charge in [0.2, 0.25) is 5.88 Å². The Kier molecular flexibility index (Phi) is 1.40. The van der Waals surface area contributed by atoms with Crippen molar-refractivity contribution < 1.29 is 4.74 Å². The molecule has 2 rings (SSSR count). The molecule has 0 saturated heterocycles. The van der Waals surface area contributed by atoms with E-state index in [2.05, 4.69) is 4.98 Å². The van der Waals surface area contributed by atoms with Crippen LogP contribution in [0.1, 0.15) is 13.8 Å². The first-order valence-electron chi connectivity index (χ1n) is 4.00. The minimum Gasteiger partial charge on any atom is -0.476 e. The van der Waals surface area contributed by atoms with Crippen molar-refractivity contribution in [1.29, 1.82) is 0 Å². The van der Waals surface area contributed by atoms with E-state index in [1.54, 1.807) is 0 Å². The van der Waals surface area contributed by atoms with Crippen molar-refractivity contribution in [1.82, 2.24) is 9.55 Å². The largest absolute Gasteiger partial charge is 0.476 e. The van der Waals surface area contributed by atoms with Crippen LogP contribution in [-0.4, -0.2) is 16.2 Å². The van der Waals surface area contributed by atoms with Crippen LogP contribution in [0.3, 0.4) is 0 Å². The Balaban J connectivity index is 2.80. The maximum absolute atomic E-state index is 11.4. The molecular formula is C8H10N2O3. The van der Waals surface area contributed by atoms with E-state index in [9.17, 15) is 9.59 Å². The van der Waals surface area contributed by atoms with E-state index in [4.69, 9.17) is 4.74 Å². The number of aromatic amines is 1. The van der Waals surface area contributed by atoms with E-state index in [0.29, 0.717) is 12.5 Å². The van der Waals surface area contributed by atoms with E-state index in [1.807, 2.05) is 13.8 Å². The van der Waals surface area contributed by atoms with Gasteiger partial charge in [0.25, 0.3) is 5.56 Å². The fourth-order valence-corrected chi connectivity index (χ4v) is 1.47. The molecule has 0 atom stereocenters. The lowest BCUT2D eigenvalue weighted by molar-refractivity contribution is 0.270. The molecule has 0 unspecified atom stereocenters. The van der Waals surface area contributed by atoms with E-state index < -0.39 is 11.2 Å². The van der Waals surface area contributed by atoms with Crippen LogP contribution < -0.4 is 16.0 Å². The lowest BCUT2D eigenvalue weighted by Crippen LogP contribution is -2.37. The molecule has 0 radical (unpaired) electrons. The molecule has 0 amide bonds. The van der Waals surface area contributed by atoms with Gasteiger partial charge in [0.05, 0.1) is 11.6 Å². The number of H-pyrrole nitrogens is 1. The topological polar surface area (TPSA) is 64.1 Å². The molecule has 1 aromatic rings. The minimum atomic E-state index is -0.422. The number of rotatable bonds is 0. The van der Waals surface area contributed by atoms with Gasteiger partial charge in [-0.2, -0.15) is 0 Å². The summed E-state index contributed by atoms with van der Waals surface area (Å²) in [5, 5.41) is 0. The van der Waals surface area contributed by atoms with Gasteiger partial charge >= 0.3 is 5.69 Å². The first-order valence-corrected chi connectivity index (χ1v) is 4.00. The molecule has 0 aliphatic carbocycles. The van der Waals surface area contributed by atoms with Gasteiger partial charge in [0.1, 0.15) is 6.61 Å². The molecule has 1 aliphatic rings. The zero-order valence-corrected chi connectivity index (χ0v) is 7.46. The third-order valence-corrected chi connectivity index (χ3v) is 2.09. The summed E-state index contributed by atoms with van der Waals surface area (Å²) in [7, 11) is 0. The highest BCUT2D eigenvalue weighted by molar-refractivity contribution is 5.15. The van der Waals surface area contributed by atoms with E-state index in [0.717, 1.165) is 0 Å². The van der Waals surface area contributed by atoms with Crippen LogP contribution in [0.15, 0.2) is 15.7 Å². The quantitative estimate of drug-likeness (QED) is 0.597. The molecule has 0 saturated carbocycles. The third-order valence-electron chi connectivity index (χ3n) is 2.09. The highest BCUT2D eigenvalue weighted by Crippen LogP contribution is 2.26. The summed E-state index contributed by atoms with van der Waals surface area (Å²) in [6.45, 7) is 4.17. The second-order valence-electron chi connectivity index (χ2n) is 3.71. The summed E-state index contributed by atoms with van der Waals surface area (Å²) in [6.07, 6.45) is 0. The van der Waals surface area contributed by atoms with Crippen LogP contribution in [-0.2, 0) is 5.54 Å². The maximum atomic E-state index is 11.4. The molecule has 1 aliphatic heterocycles. The normalized spacial score (nSPS) is 18.0. The van der Waals surface area contributed by atoms with E-state index in [1.165, 1.54) is 10.6 Å². The summed E-state index contributed by atoms with van der Waals surface area (Å²) in [4.78, 5) is 24.5. The molecular weight excluding hydrogens is 172 g/mol. The Labute approximate surface area is 74.0 Å². The lowest BCUT2D eigenvalue weighted by atomic mass is 10.1. The molecule has 0 bridgehead atoms. The Morgan fingerprint density at radius 2 is 2.23 bits per heavy atom. The van der Waals surface area contributed by atoms with Gasteiger partial charge in [-0.05, 0) is 13.8 Å². The van der Waals surface area contributed by atoms with Gasteiger partial charge < -0.3 is 4.74 Å². The Morgan fingerprint density at radius 1 is 1.54 bits per heavy atom. The first-order chi connectivity index (χ1) is 6.00. The van der Waals surface area contributed by atoms with Gasteiger partial charge in [0.15, 0.2) is 0 Å². The highest BCUT2D eigenvalue weighted by Gasteiger charge is 2.32. The van der Waals surface area contributed by atoms with Crippen molar-refractivity contribution in [3.8, 4) is 5.88 Å². The van der Waals surface area contributed by atoms with Crippen LogP contribution in [0.4, 0.5) is 0 Å². The first kappa shape index (κ1) is 8.10. The minimum absolute atomic E-state index is 0.346. The molecule has 0 spiro atoms. The summed E-state index contributed by atoms with van der Waals surface area (Å²) >= 11 is 0. The number of aromatic nitrogens is 2. The Hall–Kier alpha value is -1.52. The molecule has 70 valence electrons. The van der Waals surface area contributed by atoms with Crippen LogP contribution >= 0.6 is 0 Å². The number of hydrogen-bond acceptors (Lipinski definition) is 3. The molecule has 5 heteroatoms. The summed E-state index contributed by atoms with van der Waals surface area (Å²) < 4.78 is 6.67. The van der Waals surface area contributed by atoms with Crippen LogP contribution in [0.2, 0.25) is 0 Å². The molecule has 13 heavy (non-hydrogen) atoms. The predicted molar refractivity (Wildman–Crippen MR) is 46.1 cm³/mol. The van der Waals surface area contributed by atoms with Crippen molar-refractivity contribution in [3.63, 3.8) is 0 Å². The maximum Gasteiger partial charge on any atom is 0.331 e. The number of fused-ring (bicyclic) bond motifs is 1. The van der Waals surface area contributed by atoms with Crippen molar-refractivity contribution in [2.75, 3.05) is 6.61 Å². The van der Waals surface area contributed by atoms with Gasteiger partial charge in [0, 0.05) is 0 Å². The van der Waals surface area contributed by atoms with Crippen molar-refractivity contribution >= 4 is 0 Å². The van der Waals surface area contributed by atoms with Crippen LogP contribution in [0.25, 0.3) is 0 Å². The third kappa shape index (κ3) is 1.07. The van der Waals surface area contributed by atoms with E-state index >= 15 is 0 Å². The van der Waals surface area contributed by atoms with Gasteiger partial charge in [-0.15, -0.1) is 0 Å². The van der Waals surface area contributed by atoms with E-state index in [-0.39, 0.29) is 5.54 Å². The fourth-order valence-electron chi connectivity index (χ4n) is 1.47. The molecule has 0 aromatic carbocycles. The lowest BCUT2D eigenvalue weighted by Gasteiger charge is -2.16. The smallest absolute Gasteiger partial charge is 0.331 e. The zero-order chi connectivity index (χ0) is 9.64. The number of hydrogen-bond donors (Lipinski definition) is 1. The number of nitrogens with zero attached hydrogens (tertiary/aromatic N) is 1. The molecule has 1 N–H and O–H groups in total. The molecule has 0 fully saturated rings. The standard InChI is InChI=1S/C8H10N2O3/c1-8(2)4-13-6-3-5(11)9-7(12)10(6)8/h3H,4H2,1-2H3,(H,9,11,12). The number of ether oxygens (including phenoxy) is 1. The molecule has 1 aromatic heterocycles. The SMILES string of the molecule is CC1(C)COc2cc(=O)[nH]c(=O)n21. The van der Waals surface area contributed by atoms with Crippen molar-refractivity contribution in [2.24, 2.45) is 0 Å². The highest BCUT2D eigenvalue weighted by atomic mass is 16.5. The Bertz CT molecular complexity index is 455. The van der Waals surface area contributed by atoms with Crippen molar-refractivity contribution in [2.45, 2.75) is 19.4 Å². The molecule has 5 nitrogen and oxygen atoms in total. The molecule has 2 heterocycles. The van der Waals surface area contributed by atoms with Crippen LogP contribution in [0, 0.1) is 0 Å². The predicted octanol–water partition coefficient (Wildman–Crippen LogP) is -0.336. The second kappa shape index (κ2) is 2.25. The average molecular weight is 182 g/mol. The monoisotopic (exact) mass is 182 g/mol. The summed E-state index contributed by atoms with van der Waals surface area (Å²) in [5.41, 5.74) is -1.21. The average Bonchev–Trinajstić information content (AvgIpc) is 2.26. The summed E-state index contributed by atoms with van der Waals surface area (Å²) in [6, 6.07) is 1.29. The van der Waals surface area contributed by atoms with Crippen LogP contribution in [0.5, 0.6) is 5.88 Å². The second-order valence-corrected chi connectivity index (χ2v) is 3.71. The summed E-state index contributed by atoms with van der Waals surface area (Å²) in [5.74, 6) is 0.346. The number of nitrogens with one attached hydrogen (secondary N) is 1. The Morgan fingerprint density at radius 3 is 2.92 bits per heavy atom. The van der Waals surface area contributed by atoms with Gasteiger partial charge in [-0.25, -0.2) is 4.79 Å². The van der Waals surface area contributed by atoms with Gasteiger partial charge in [-0.3, -0.25) is 14.3 Å². The van der Waals surface area contributed by atoms with Gasteiger partial charge in [-0.1, -0.05) is 0 Å². The fraction of sp³-hybridized carbons (Fsp3) is 0.500. The zero-order valence-electron chi connectivity index (χ0n) is 7.46.